The van der Waals surface area contributed by atoms with Crippen LogP contribution in [0.2, 0.25) is 0 Å². The van der Waals surface area contributed by atoms with E-state index >= 15 is 0 Å². The highest BCUT2D eigenvalue weighted by atomic mass is 16.1. The molecule has 0 aliphatic rings. The molecule has 1 aromatic carbocycles. The molecule has 0 N–H and O–H groups in total. The van der Waals surface area contributed by atoms with Crippen molar-refractivity contribution in [1.82, 2.24) is 4.98 Å². The first kappa shape index (κ1) is 15.1. The SMILES string of the molecule is CC.Cc1cccc(CCc2cccnc2C=O)c1. The Bertz CT molecular complexity index is 520. The van der Waals surface area contributed by atoms with Gasteiger partial charge in [0.25, 0.3) is 0 Å². The maximum absolute atomic E-state index is 10.8. The highest BCUT2D eigenvalue weighted by molar-refractivity contribution is 5.74. The van der Waals surface area contributed by atoms with E-state index in [-0.39, 0.29) is 0 Å². The average molecular weight is 255 g/mol. The third kappa shape index (κ3) is 4.66. The predicted molar refractivity (Wildman–Crippen MR) is 79.6 cm³/mol. The van der Waals surface area contributed by atoms with Crippen molar-refractivity contribution in [3.63, 3.8) is 0 Å². The second kappa shape index (κ2) is 8.20. The number of benzene rings is 1. The number of carbonyl (C=O) groups excluding carboxylic acids is 1. The standard InChI is InChI=1S/C15H15NO.C2H6/c1-12-4-2-5-13(10-12)7-8-14-6-3-9-16-15(14)11-17;1-2/h2-6,9-11H,7-8H2,1H3;1-2H3. The Kier molecular flexibility index (Phi) is 6.51. The number of hydrogen-bond acceptors (Lipinski definition) is 2. The fourth-order valence-electron chi connectivity index (χ4n) is 1.91. The van der Waals surface area contributed by atoms with Gasteiger partial charge in [0.2, 0.25) is 0 Å². The summed E-state index contributed by atoms with van der Waals surface area (Å²) in [7, 11) is 0. The van der Waals surface area contributed by atoms with E-state index in [0.29, 0.717) is 5.69 Å². The molecule has 0 radical (unpaired) electrons. The van der Waals surface area contributed by atoms with Crippen LogP contribution >= 0.6 is 0 Å². The Morgan fingerprint density at radius 2 is 1.89 bits per heavy atom. The summed E-state index contributed by atoms with van der Waals surface area (Å²) >= 11 is 0. The number of carbonyl (C=O) groups is 1. The van der Waals surface area contributed by atoms with Crippen LogP contribution < -0.4 is 0 Å². The molecule has 0 amide bonds. The third-order valence-electron chi connectivity index (χ3n) is 2.80. The van der Waals surface area contributed by atoms with E-state index < -0.39 is 0 Å². The Labute approximate surface area is 115 Å². The van der Waals surface area contributed by atoms with Crippen LogP contribution in [0.25, 0.3) is 0 Å². The zero-order valence-corrected chi connectivity index (χ0v) is 11.9. The molecule has 2 aromatic rings. The Hall–Kier alpha value is -1.96. The quantitative estimate of drug-likeness (QED) is 0.772. The van der Waals surface area contributed by atoms with Gasteiger partial charge in [-0.2, -0.15) is 0 Å². The zero-order valence-electron chi connectivity index (χ0n) is 11.9. The van der Waals surface area contributed by atoms with E-state index in [9.17, 15) is 4.79 Å². The Morgan fingerprint density at radius 3 is 2.58 bits per heavy atom. The van der Waals surface area contributed by atoms with Crippen LogP contribution in [0.1, 0.15) is 41.0 Å². The van der Waals surface area contributed by atoms with Crippen LogP contribution in [0.3, 0.4) is 0 Å². The number of aldehydes is 1. The molecular formula is C17H21NO. The molecular weight excluding hydrogens is 234 g/mol. The van der Waals surface area contributed by atoms with Crippen LogP contribution in [-0.2, 0) is 12.8 Å². The average Bonchev–Trinajstić information content (AvgIpc) is 2.47. The molecule has 0 saturated heterocycles. The van der Waals surface area contributed by atoms with Crippen molar-refractivity contribution in [1.29, 1.82) is 0 Å². The van der Waals surface area contributed by atoms with Crippen molar-refractivity contribution in [3.8, 4) is 0 Å². The largest absolute Gasteiger partial charge is 0.296 e. The monoisotopic (exact) mass is 255 g/mol. The van der Waals surface area contributed by atoms with Gasteiger partial charge >= 0.3 is 0 Å². The van der Waals surface area contributed by atoms with Crippen LogP contribution in [0, 0.1) is 6.92 Å². The molecule has 1 heterocycles. The molecule has 19 heavy (non-hydrogen) atoms. The van der Waals surface area contributed by atoms with Gasteiger partial charge in [-0.3, -0.25) is 9.78 Å². The normalized spacial score (nSPS) is 9.42. The third-order valence-corrected chi connectivity index (χ3v) is 2.80. The lowest BCUT2D eigenvalue weighted by Crippen LogP contribution is -1.98. The van der Waals surface area contributed by atoms with Gasteiger partial charge in [-0.1, -0.05) is 49.7 Å². The lowest BCUT2D eigenvalue weighted by molar-refractivity contribution is 0.111. The Morgan fingerprint density at radius 1 is 1.11 bits per heavy atom. The fourth-order valence-corrected chi connectivity index (χ4v) is 1.91. The minimum absolute atomic E-state index is 0.556. The molecule has 0 unspecified atom stereocenters. The first-order valence-electron chi connectivity index (χ1n) is 6.74. The van der Waals surface area contributed by atoms with Crippen molar-refractivity contribution in [2.24, 2.45) is 0 Å². The van der Waals surface area contributed by atoms with Crippen LogP contribution in [-0.4, -0.2) is 11.3 Å². The van der Waals surface area contributed by atoms with Gasteiger partial charge < -0.3 is 0 Å². The molecule has 1 aromatic heterocycles. The number of aryl methyl sites for hydroxylation is 3. The smallest absolute Gasteiger partial charge is 0.168 e. The molecule has 2 heteroatoms. The van der Waals surface area contributed by atoms with Gasteiger partial charge in [-0.25, -0.2) is 0 Å². The van der Waals surface area contributed by atoms with E-state index in [1.54, 1.807) is 6.20 Å². The summed E-state index contributed by atoms with van der Waals surface area (Å²) in [5.74, 6) is 0. The summed E-state index contributed by atoms with van der Waals surface area (Å²) in [5.41, 5.74) is 4.14. The Balaban J connectivity index is 0.000000861. The molecule has 0 spiro atoms. The summed E-state index contributed by atoms with van der Waals surface area (Å²) in [5, 5.41) is 0. The molecule has 100 valence electrons. The number of aromatic nitrogens is 1. The summed E-state index contributed by atoms with van der Waals surface area (Å²) < 4.78 is 0. The van der Waals surface area contributed by atoms with Crippen molar-refractivity contribution in [2.45, 2.75) is 33.6 Å². The highest BCUT2D eigenvalue weighted by Gasteiger charge is 2.02. The van der Waals surface area contributed by atoms with E-state index in [1.807, 2.05) is 26.0 Å². The first-order chi connectivity index (χ1) is 9.29. The number of pyridine rings is 1. The van der Waals surface area contributed by atoms with Gasteiger partial charge in [-0.15, -0.1) is 0 Å². The summed E-state index contributed by atoms with van der Waals surface area (Å²) in [6.07, 6.45) is 4.27. The predicted octanol–water partition coefficient (Wildman–Crippen LogP) is 4.01. The first-order valence-corrected chi connectivity index (χ1v) is 6.74. The van der Waals surface area contributed by atoms with E-state index in [1.165, 1.54) is 11.1 Å². The summed E-state index contributed by atoms with van der Waals surface area (Å²) in [4.78, 5) is 14.9. The second-order valence-electron chi connectivity index (χ2n) is 4.15. The lowest BCUT2D eigenvalue weighted by atomic mass is 10.0. The second-order valence-corrected chi connectivity index (χ2v) is 4.15. The molecule has 0 atom stereocenters. The molecule has 0 aliphatic heterocycles. The van der Waals surface area contributed by atoms with Gasteiger partial charge in [-0.05, 0) is 37.0 Å². The topological polar surface area (TPSA) is 30.0 Å². The maximum atomic E-state index is 10.8. The van der Waals surface area contributed by atoms with Crippen LogP contribution in [0.5, 0.6) is 0 Å². The molecule has 0 saturated carbocycles. The van der Waals surface area contributed by atoms with E-state index in [4.69, 9.17) is 0 Å². The summed E-state index contributed by atoms with van der Waals surface area (Å²) in [6.45, 7) is 6.09. The van der Waals surface area contributed by atoms with Gasteiger partial charge in [0.1, 0.15) is 5.69 Å². The minimum Gasteiger partial charge on any atom is -0.296 e. The van der Waals surface area contributed by atoms with Crippen LogP contribution in [0.4, 0.5) is 0 Å². The van der Waals surface area contributed by atoms with Crippen molar-refractivity contribution in [3.05, 3.63) is 65.0 Å². The number of rotatable bonds is 4. The molecule has 0 aliphatic carbocycles. The van der Waals surface area contributed by atoms with Gasteiger partial charge in [0.15, 0.2) is 6.29 Å². The maximum Gasteiger partial charge on any atom is 0.168 e. The highest BCUT2D eigenvalue weighted by Crippen LogP contribution is 2.10. The van der Waals surface area contributed by atoms with Crippen molar-refractivity contribution >= 4 is 6.29 Å². The molecule has 2 rings (SSSR count). The van der Waals surface area contributed by atoms with Gasteiger partial charge in [0, 0.05) is 6.20 Å². The zero-order chi connectivity index (χ0) is 14.1. The fraction of sp³-hybridized carbons (Fsp3) is 0.294. The van der Waals surface area contributed by atoms with Crippen molar-refractivity contribution < 1.29 is 4.79 Å². The van der Waals surface area contributed by atoms with E-state index in [0.717, 1.165) is 24.7 Å². The summed E-state index contributed by atoms with van der Waals surface area (Å²) in [6, 6.07) is 12.3. The van der Waals surface area contributed by atoms with Gasteiger partial charge in [0.05, 0.1) is 0 Å². The number of hydrogen-bond donors (Lipinski definition) is 0. The number of nitrogens with zero attached hydrogens (tertiary/aromatic N) is 1. The van der Waals surface area contributed by atoms with Crippen molar-refractivity contribution in [2.75, 3.05) is 0 Å². The molecule has 2 nitrogen and oxygen atoms in total. The molecule has 0 bridgehead atoms. The van der Waals surface area contributed by atoms with Crippen LogP contribution in [0.15, 0.2) is 42.6 Å². The van der Waals surface area contributed by atoms with E-state index in [2.05, 4.69) is 36.2 Å². The lowest BCUT2D eigenvalue weighted by Gasteiger charge is -2.04. The molecule has 0 fully saturated rings. The minimum atomic E-state index is 0.556.